The summed E-state index contributed by atoms with van der Waals surface area (Å²) >= 11 is 0. The minimum absolute atomic E-state index is 0. The molecule has 0 radical (unpaired) electrons. The van der Waals surface area contributed by atoms with Crippen molar-refractivity contribution in [1.82, 2.24) is 0 Å². The van der Waals surface area contributed by atoms with Gasteiger partial charge < -0.3 is 4.74 Å². The summed E-state index contributed by atoms with van der Waals surface area (Å²) in [6.07, 6.45) is 0. The van der Waals surface area contributed by atoms with Crippen LogP contribution in [0.25, 0.3) is 0 Å². The van der Waals surface area contributed by atoms with E-state index < -0.39 is 0 Å². The van der Waals surface area contributed by atoms with Crippen LogP contribution in [0.15, 0.2) is 30.3 Å². The van der Waals surface area contributed by atoms with Crippen LogP contribution in [0.2, 0.25) is 0 Å². The molecule has 0 unspecified atom stereocenters. The number of carbonyl (C=O) groups excluding carboxylic acids is 1. The Hall–Kier alpha value is -1.38. The van der Waals surface area contributed by atoms with Crippen molar-refractivity contribution in [2.75, 3.05) is 7.11 Å². The summed E-state index contributed by atoms with van der Waals surface area (Å²) in [5, 5.41) is 0. The molecular formula is C8H9FO2. The summed E-state index contributed by atoms with van der Waals surface area (Å²) in [6, 6.07) is 8.88. The molecule has 0 saturated carbocycles. The van der Waals surface area contributed by atoms with Crippen LogP contribution < -0.4 is 0 Å². The average Bonchev–Trinajstić information content (AvgIpc) is 2.05. The molecule has 0 spiro atoms. The average molecular weight is 156 g/mol. The molecule has 0 heterocycles. The Labute approximate surface area is 64.2 Å². The maximum Gasteiger partial charge on any atom is 0.337 e. The first-order valence-electron chi connectivity index (χ1n) is 2.98. The molecule has 3 heteroatoms. The van der Waals surface area contributed by atoms with Crippen molar-refractivity contribution in [3.63, 3.8) is 0 Å². The minimum atomic E-state index is -0.291. The molecule has 0 amide bonds. The molecule has 0 atom stereocenters. The molecule has 0 aliphatic carbocycles. The number of rotatable bonds is 1. The van der Waals surface area contributed by atoms with Crippen LogP contribution in [-0.4, -0.2) is 13.1 Å². The van der Waals surface area contributed by atoms with Gasteiger partial charge in [-0.05, 0) is 12.1 Å². The lowest BCUT2D eigenvalue weighted by molar-refractivity contribution is 0.0601. The van der Waals surface area contributed by atoms with Gasteiger partial charge in [0.15, 0.2) is 0 Å². The van der Waals surface area contributed by atoms with Crippen LogP contribution in [0.3, 0.4) is 0 Å². The fourth-order valence-electron chi connectivity index (χ4n) is 0.692. The molecule has 60 valence electrons. The Morgan fingerprint density at radius 1 is 1.27 bits per heavy atom. The fraction of sp³-hybridized carbons (Fsp3) is 0.125. The van der Waals surface area contributed by atoms with E-state index in [0.717, 1.165) is 0 Å². The number of benzene rings is 1. The van der Waals surface area contributed by atoms with Crippen molar-refractivity contribution in [1.29, 1.82) is 0 Å². The monoisotopic (exact) mass is 156 g/mol. The van der Waals surface area contributed by atoms with Gasteiger partial charge in [-0.3, -0.25) is 4.70 Å². The zero-order chi connectivity index (χ0) is 7.40. The molecule has 0 aromatic heterocycles. The van der Waals surface area contributed by atoms with Crippen molar-refractivity contribution < 1.29 is 14.2 Å². The van der Waals surface area contributed by atoms with E-state index in [0.29, 0.717) is 5.56 Å². The van der Waals surface area contributed by atoms with E-state index in [1.165, 1.54) is 7.11 Å². The van der Waals surface area contributed by atoms with Gasteiger partial charge in [-0.2, -0.15) is 0 Å². The number of hydrogen-bond acceptors (Lipinski definition) is 2. The highest BCUT2D eigenvalue weighted by molar-refractivity contribution is 5.89. The number of esters is 1. The lowest BCUT2D eigenvalue weighted by atomic mass is 10.2. The molecule has 0 fully saturated rings. The third-order valence-electron chi connectivity index (χ3n) is 1.19. The van der Waals surface area contributed by atoms with Crippen LogP contribution in [-0.2, 0) is 4.74 Å². The van der Waals surface area contributed by atoms with Crippen LogP contribution in [0.5, 0.6) is 0 Å². The van der Waals surface area contributed by atoms with E-state index >= 15 is 0 Å². The van der Waals surface area contributed by atoms with E-state index in [9.17, 15) is 4.79 Å². The molecule has 1 aromatic rings. The Balaban J connectivity index is 0.000001000. The van der Waals surface area contributed by atoms with E-state index in [4.69, 9.17) is 0 Å². The molecule has 0 N–H and O–H groups in total. The largest absolute Gasteiger partial charge is 0.465 e. The highest BCUT2D eigenvalue weighted by Gasteiger charge is 2.00. The molecule has 0 aliphatic rings. The molecule has 2 nitrogen and oxygen atoms in total. The Kier molecular flexibility index (Phi) is 3.88. The third kappa shape index (κ3) is 2.37. The SMILES string of the molecule is COC(=O)c1ccccc1.F. The second-order valence-corrected chi connectivity index (χ2v) is 1.86. The van der Waals surface area contributed by atoms with E-state index in [-0.39, 0.29) is 10.7 Å². The van der Waals surface area contributed by atoms with E-state index in [1.54, 1.807) is 24.3 Å². The lowest BCUT2D eigenvalue weighted by Gasteiger charge is -1.95. The van der Waals surface area contributed by atoms with Crippen molar-refractivity contribution in [3.05, 3.63) is 35.9 Å². The van der Waals surface area contributed by atoms with Gasteiger partial charge in [-0.25, -0.2) is 4.79 Å². The molecule has 0 saturated heterocycles. The first-order valence-corrected chi connectivity index (χ1v) is 2.98. The van der Waals surface area contributed by atoms with Gasteiger partial charge in [0.2, 0.25) is 0 Å². The van der Waals surface area contributed by atoms with Gasteiger partial charge in [0.05, 0.1) is 12.7 Å². The smallest absolute Gasteiger partial charge is 0.337 e. The summed E-state index contributed by atoms with van der Waals surface area (Å²) < 4.78 is 4.50. The maximum absolute atomic E-state index is 10.8. The van der Waals surface area contributed by atoms with Crippen LogP contribution in [0.4, 0.5) is 4.70 Å². The molecule has 1 rings (SSSR count). The standard InChI is InChI=1S/C8H8O2.FH/c1-10-8(9)7-5-3-2-4-6-7;/h2-6H,1H3;1H. The predicted octanol–water partition coefficient (Wildman–Crippen LogP) is 1.63. The van der Waals surface area contributed by atoms with Gasteiger partial charge in [0.1, 0.15) is 0 Å². The lowest BCUT2D eigenvalue weighted by Crippen LogP contribution is -1.99. The van der Waals surface area contributed by atoms with Crippen LogP contribution in [0, 0.1) is 0 Å². The predicted molar refractivity (Wildman–Crippen MR) is 40.3 cm³/mol. The second kappa shape index (κ2) is 4.44. The van der Waals surface area contributed by atoms with Gasteiger partial charge in [0.25, 0.3) is 0 Å². The van der Waals surface area contributed by atoms with E-state index in [1.807, 2.05) is 6.07 Å². The van der Waals surface area contributed by atoms with E-state index in [2.05, 4.69) is 4.74 Å². The fourth-order valence-corrected chi connectivity index (χ4v) is 0.692. The van der Waals surface area contributed by atoms with Gasteiger partial charge in [0, 0.05) is 0 Å². The van der Waals surface area contributed by atoms with Gasteiger partial charge in [-0.15, -0.1) is 0 Å². The molecular weight excluding hydrogens is 147 g/mol. The highest BCUT2D eigenvalue weighted by Crippen LogP contribution is 1.98. The number of halogens is 1. The highest BCUT2D eigenvalue weighted by atomic mass is 19.0. The summed E-state index contributed by atoms with van der Waals surface area (Å²) in [5.74, 6) is -0.291. The number of methoxy groups -OCH3 is 1. The summed E-state index contributed by atoms with van der Waals surface area (Å²) in [7, 11) is 1.37. The number of carbonyl (C=O) groups is 1. The normalized spacial score (nSPS) is 8.09. The van der Waals surface area contributed by atoms with Crippen LogP contribution >= 0.6 is 0 Å². The minimum Gasteiger partial charge on any atom is -0.465 e. The first-order chi connectivity index (χ1) is 4.84. The Morgan fingerprint density at radius 2 is 1.82 bits per heavy atom. The van der Waals surface area contributed by atoms with Gasteiger partial charge in [-0.1, -0.05) is 18.2 Å². The zero-order valence-corrected chi connectivity index (χ0v) is 6.11. The molecule has 0 bridgehead atoms. The maximum atomic E-state index is 10.8. The number of hydrogen-bond donors (Lipinski definition) is 0. The third-order valence-corrected chi connectivity index (χ3v) is 1.19. The van der Waals surface area contributed by atoms with Crippen molar-refractivity contribution in [2.45, 2.75) is 0 Å². The molecule has 0 aliphatic heterocycles. The van der Waals surface area contributed by atoms with Gasteiger partial charge >= 0.3 is 5.97 Å². The van der Waals surface area contributed by atoms with Crippen molar-refractivity contribution in [2.24, 2.45) is 0 Å². The van der Waals surface area contributed by atoms with Crippen LogP contribution in [0.1, 0.15) is 10.4 Å². The summed E-state index contributed by atoms with van der Waals surface area (Å²) in [5.41, 5.74) is 0.588. The molecule has 11 heavy (non-hydrogen) atoms. The zero-order valence-electron chi connectivity index (χ0n) is 6.11. The quantitative estimate of drug-likeness (QED) is 0.577. The topological polar surface area (TPSA) is 26.3 Å². The van der Waals surface area contributed by atoms with Crippen molar-refractivity contribution >= 4 is 5.97 Å². The summed E-state index contributed by atoms with van der Waals surface area (Å²) in [4.78, 5) is 10.8. The number of ether oxygens (including phenoxy) is 1. The summed E-state index contributed by atoms with van der Waals surface area (Å²) in [6.45, 7) is 0. The first kappa shape index (κ1) is 9.62. The molecule has 1 aromatic carbocycles. The van der Waals surface area contributed by atoms with Crippen molar-refractivity contribution in [3.8, 4) is 0 Å². The second-order valence-electron chi connectivity index (χ2n) is 1.86. The Bertz CT molecular complexity index is 221. The Morgan fingerprint density at radius 3 is 2.27 bits per heavy atom.